The molecule has 0 aliphatic heterocycles. The third-order valence-corrected chi connectivity index (χ3v) is 3.65. The highest BCUT2D eigenvalue weighted by Gasteiger charge is 2.14. The van der Waals surface area contributed by atoms with Gasteiger partial charge in [0.25, 0.3) is 0 Å². The van der Waals surface area contributed by atoms with Gasteiger partial charge in [-0.1, -0.05) is 40.1 Å². The van der Waals surface area contributed by atoms with E-state index in [0.717, 1.165) is 17.7 Å². The Morgan fingerprint density at radius 2 is 2.28 bits per heavy atom. The summed E-state index contributed by atoms with van der Waals surface area (Å²) in [6.07, 6.45) is 1.56. The molecule has 2 aromatic rings. The van der Waals surface area contributed by atoms with Gasteiger partial charge >= 0.3 is 0 Å². The molecule has 0 radical (unpaired) electrons. The van der Waals surface area contributed by atoms with Crippen molar-refractivity contribution < 1.29 is 9.26 Å². The molecule has 1 atom stereocenters. The highest BCUT2D eigenvalue weighted by molar-refractivity contribution is 9.09. The van der Waals surface area contributed by atoms with Crippen LogP contribution in [-0.2, 0) is 6.42 Å². The van der Waals surface area contributed by atoms with Crippen LogP contribution in [0.2, 0.25) is 0 Å². The fourth-order valence-corrected chi connectivity index (χ4v) is 1.79. The van der Waals surface area contributed by atoms with Gasteiger partial charge in [-0.2, -0.15) is 4.98 Å². The van der Waals surface area contributed by atoms with E-state index in [4.69, 9.17) is 9.26 Å². The molecule has 0 saturated heterocycles. The summed E-state index contributed by atoms with van der Waals surface area (Å²) in [7, 11) is 1.66. The zero-order chi connectivity index (χ0) is 13.0. The van der Waals surface area contributed by atoms with Crippen molar-refractivity contribution in [3.63, 3.8) is 0 Å². The van der Waals surface area contributed by atoms with E-state index in [1.54, 1.807) is 7.11 Å². The van der Waals surface area contributed by atoms with E-state index in [0.29, 0.717) is 18.1 Å². The van der Waals surface area contributed by atoms with E-state index < -0.39 is 0 Å². The topological polar surface area (TPSA) is 48.2 Å². The Bertz CT molecular complexity index is 513. The maximum absolute atomic E-state index is 5.21. The molecule has 0 spiro atoms. The predicted octanol–water partition coefficient (Wildman–Crippen LogP) is 3.52. The van der Waals surface area contributed by atoms with Crippen LogP contribution in [0.3, 0.4) is 0 Å². The van der Waals surface area contributed by atoms with Gasteiger partial charge in [0.2, 0.25) is 5.89 Å². The molecule has 0 saturated carbocycles. The minimum absolute atomic E-state index is 0.129. The van der Waals surface area contributed by atoms with Gasteiger partial charge in [0, 0.05) is 6.42 Å². The lowest BCUT2D eigenvalue weighted by molar-refractivity contribution is 0.372. The van der Waals surface area contributed by atoms with Gasteiger partial charge in [0.15, 0.2) is 5.82 Å². The largest absolute Gasteiger partial charge is 0.497 e. The number of benzene rings is 1. The predicted molar refractivity (Wildman–Crippen MR) is 72.1 cm³/mol. The molecular weight excluding hydrogens is 296 g/mol. The van der Waals surface area contributed by atoms with Crippen LogP contribution in [0.25, 0.3) is 0 Å². The molecule has 0 fully saturated rings. The Labute approximate surface area is 114 Å². The van der Waals surface area contributed by atoms with Crippen molar-refractivity contribution in [2.45, 2.75) is 24.6 Å². The Kier molecular flexibility index (Phi) is 4.36. The number of alkyl halides is 1. The lowest BCUT2D eigenvalue weighted by Gasteiger charge is -2.01. The van der Waals surface area contributed by atoms with E-state index in [-0.39, 0.29) is 4.83 Å². The second-order valence-electron chi connectivity index (χ2n) is 3.95. The summed E-state index contributed by atoms with van der Waals surface area (Å²) in [6, 6.07) is 7.86. The number of ether oxygens (including phenoxy) is 1. The molecule has 1 heterocycles. The van der Waals surface area contributed by atoms with Crippen molar-refractivity contribution in [3.8, 4) is 5.75 Å². The lowest BCUT2D eigenvalue weighted by atomic mass is 10.1. The second-order valence-corrected chi connectivity index (χ2v) is 5.06. The fraction of sp³-hybridized carbons (Fsp3) is 0.385. The highest BCUT2D eigenvalue weighted by Crippen LogP contribution is 2.24. The molecular formula is C13H15BrN2O2. The minimum atomic E-state index is 0.129. The van der Waals surface area contributed by atoms with Crippen LogP contribution in [0, 0.1) is 0 Å². The summed E-state index contributed by atoms with van der Waals surface area (Å²) in [4.78, 5) is 4.50. The standard InChI is InChI=1S/C13H15BrN2O2/c1-3-11(14)13-15-12(16-18-13)8-9-5-4-6-10(7-9)17-2/h4-7,11H,3,8H2,1-2H3. The Balaban J connectivity index is 2.11. The van der Waals surface area contributed by atoms with E-state index in [9.17, 15) is 0 Å². The van der Waals surface area contributed by atoms with Crippen molar-refractivity contribution in [1.82, 2.24) is 10.1 Å². The van der Waals surface area contributed by atoms with Crippen LogP contribution in [0.5, 0.6) is 5.75 Å². The normalized spacial score (nSPS) is 12.4. The Morgan fingerprint density at radius 1 is 1.44 bits per heavy atom. The van der Waals surface area contributed by atoms with Crippen LogP contribution in [-0.4, -0.2) is 17.3 Å². The second kappa shape index (κ2) is 6.00. The zero-order valence-electron chi connectivity index (χ0n) is 10.4. The Morgan fingerprint density at radius 3 is 3.00 bits per heavy atom. The fourth-order valence-electron chi connectivity index (χ4n) is 1.61. The molecule has 96 valence electrons. The first-order chi connectivity index (χ1) is 8.72. The van der Waals surface area contributed by atoms with Gasteiger partial charge in [0.05, 0.1) is 11.9 Å². The Hall–Kier alpha value is -1.36. The monoisotopic (exact) mass is 310 g/mol. The first-order valence-corrected chi connectivity index (χ1v) is 6.74. The first-order valence-electron chi connectivity index (χ1n) is 5.82. The minimum Gasteiger partial charge on any atom is -0.497 e. The third-order valence-electron chi connectivity index (χ3n) is 2.61. The van der Waals surface area contributed by atoms with E-state index in [1.165, 1.54) is 0 Å². The van der Waals surface area contributed by atoms with E-state index in [2.05, 4.69) is 33.0 Å². The number of rotatable bonds is 5. The summed E-state index contributed by atoms with van der Waals surface area (Å²) in [5.74, 6) is 2.16. The molecule has 2 rings (SSSR count). The van der Waals surface area contributed by atoms with Crippen molar-refractivity contribution >= 4 is 15.9 Å². The molecule has 4 nitrogen and oxygen atoms in total. The first kappa shape index (κ1) is 13.1. The molecule has 18 heavy (non-hydrogen) atoms. The number of nitrogens with zero attached hydrogens (tertiary/aromatic N) is 2. The molecule has 0 aliphatic carbocycles. The van der Waals surface area contributed by atoms with Gasteiger partial charge in [0.1, 0.15) is 5.75 Å². The summed E-state index contributed by atoms with van der Waals surface area (Å²) in [5, 5.41) is 3.98. The van der Waals surface area contributed by atoms with Gasteiger partial charge in [-0.05, 0) is 24.1 Å². The molecule has 0 bridgehead atoms. The maximum Gasteiger partial charge on any atom is 0.240 e. The summed E-state index contributed by atoms with van der Waals surface area (Å²) < 4.78 is 10.4. The quantitative estimate of drug-likeness (QED) is 0.793. The number of hydrogen-bond acceptors (Lipinski definition) is 4. The van der Waals surface area contributed by atoms with E-state index in [1.807, 2.05) is 24.3 Å². The lowest BCUT2D eigenvalue weighted by Crippen LogP contribution is -1.93. The molecule has 1 aromatic carbocycles. The van der Waals surface area contributed by atoms with Crippen LogP contribution in [0.1, 0.15) is 35.5 Å². The van der Waals surface area contributed by atoms with Crippen LogP contribution in [0.15, 0.2) is 28.8 Å². The molecule has 1 aromatic heterocycles. The highest BCUT2D eigenvalue weighted by atomic mass is 79.9. The SMILES string of the molecule is CCC(Br)c1nc(Cc2cccc(OC)c2)no1. The average molecular weight is 311 g/mol. The number of hydrogen-bond donors (Lipinski definition) is 0. The van der Waals surface area contributed by atoms with Crippen LogP contribution < -0.4 is 4.74 Å². The summed E-state index contributed by atoms with van der Waals surface area (Å²) in [5.41, 5.74) is 1.10. The number of aromatic nitrogens is 2. The van der Waals surface area contributed by atoms with Crippen LogP contribution in [0.4, 0.5) is 0 Å². The number of halogens is 1. The van der Waals surface area contributed by atoms with Crippen molar-refractivity contribution in [2.24, 2.45) is 0 Å². The van der Waals surface area contributed by atoms with Crippen molar-refractivity contribution in [2.75, 3.05) is 7.11 Å². The molecule has 0 aliphatic rings. The van der Waals surface area contributed by atoms with Crippen molar-refractivity contribution in [3.05, 3.63) is 41.5 Å². The van der Waals surface area contributed by atoms with Crippen LogP contribution >= 0.6 is 15.9 Å². The van der Waals surface area contributed by atoms with Gasteiger partial charge in [-0.15, -0.1) is 0 Å². The van der Waals surface area contributed by atoms with Crippen molar-refractivity contribution in [1.29, 1.82) is 0 Å². The third kappa shape index (κ3) is 3.10. The molecule has 1 unspecified atom stereocenters. The average Bonchev–Trinajstić information content (AvgIpc) is 2.86. The number of methoxy groups -OCH3 is 1. The zero-order valence-corrected chi connectivity index (χ0v) is 12.0. The molecule has 0 amide bonds. The smallest absolute Gasteiger partial charge is 0.240 e. The summed E-state index contributed by atoms with van der Waals surface area (Å²) >= 11 is 3.49. The van der Waals surface area contributed by atoms with Gasteiger partial charge in [-0.3, -0.25) is 0 Å². The van der Waals surface area contributed by atoms with Gasteiger partial charge < -0.3 is 9.26 Å². The maximum atomic E-state index is 5.21. The van der Waals surface area contributed by atoms with Gasteiger partial charge in [-0.25, -0.2) is 0 Å². The molecule has 5 heteroatoms. The molecule has 0 N–H and O–H groups in total. The summed E-state index contributed by atoms with van der Waals surface area (Å²) in [6.45, 7) is 2.06. The van der Waals surface area contributed by atoms with E-state index >= 15 is 0 Å².